The molecule has 0 unspecified atom stereocenters. The van der Waals surface area contributed by atoms with E-state index >= 15 is 0 Å². The number of esters is 1. The number of carbonyl (C=O) groups is 2. The number of ether oxygens (including phenoxy) is 1. The maximum atomic E-state index is 11.3. The Kier molecular flexibility index (Phi) is 5.19. The highest BCUT2D eigenvalue weighted by atomic mass is 35.5. The minimum atomic E-state index is -1.03. The van der Waals surface area contributed by atoms with Gasteiger partial charge in [0.2, 0.25) is 0 Å². The molecule has 4 nitrogen and oxygen atoms in total. The van der Waals surface area contributed by atoms with Crippen LogP contribution in [0.2, 0.25) is 10.0 Å². The molecule has 0 radical (unpaired) electrons. The molecule has 1 aromatic carbocycles. The number of aliphatic hydroxyl groups excluding tert-OH is 1. The number of hydrogen-bond acceptors (Lipinski definition) is 4. The van der Waals surface area contributed by atoms with Crippen molar-refractivity contribution >= 4 is 40.7 Å². The van der Waals surface area contributed by atoms with Crippen molar-refractivity contribution in [1.29, 1.82) is 0 Å². The molecular weight excluding hydrogens is 279 g/mol. The van der Waals surface area contributed by atoms with Gasteiger partial charge in [-0.05, 0) is 25.1 Å². The van der Waals surface area contributed by atoms with E-state index in [4.69, 9.17) is 23.2 Å². The molecule has 0 heterocycles. The molecule has 0 aliphatic heterocycles. The maximum Gasteiger partial charge on any atom is 0.379 e. The molecule has 0 atom stereocenters. The van der Waals surface area contributed by atoms with E-state index in [1.807, 2.05) is 0 Å². The van der Waals surface area contributed by atoms with E-state index in [-0.39, 0.29) is 17.2 Å². The van der Waals surface area contributed by atoms with Crippen molar-refractivity contribution in [2.75, 3.05) is 6.61 Å². The van der Waals surface area contributed by atoms with Crippen molar-refractivity contribution in [2.24, 2.45) is 0 Å². The van der Waals surface area contributed by atoms with Crippen molar-refractivity contribution < 1.29 is 19.4 Å². The van der Waals surface area contributed by atoms with Crippen molar-refractivity contribution in [3.8, 4) is 0 Å². The lowest BCUT2D eigenvalue weighted by Gasteiger charge is -2.03. The maximum absolute atomic E-state index is 11.3. The number of ketones is 1. The van der Waals surface area contributed by atoms with E-state index in [0.717, 1.165) is 6.08 Å². The lowest BCUT2D eigenvalue weighted by Crippen LogP contribution is -2.15. The number of carbonyl (C=O) groups excluding carboxylic acids is 2. The summed E-state index contributed by atoms with van der Waals surface area (Å²) in [5.41, 5.74) is 0.207. The zero-order chi connectivity index (χ0) is 13.7. The zero-order valence-corrected chi connectivity index (χ0v) is 11.0. The predicted molar refractivity (Wildman–Crippen MR) is 68.7 cm³/mol. The Labute approximate surface area is 114 Å². The molecule has 18 heavy (non-hydrogen) atoms. The summed E-state index contributed by atoms with van der Waals surface area (Å²) >= 11 is 11.5. The molecular formula is C12H10Cl2O4. The van der Waals surface area contributed by atoms with Crippen LogP contribution in [-0.4, -0.2) is 23.5 Å². The van der Waals surface area contributed by atoms with Crippen molar-refractivity contribution in [2.45, 2.75) is 6.92 Å². The number of benzene rings is 1. The summed E-state index contributed by atoms with van der Waals surface area (Å²) in [6, 6.07) is 4.36. The van der Waals surface area contributed by atoms with Gasteiger partial charge < -0.3 is 9.84 Å². The summed E-state index contributed by atoms with van der Waals surface area (Å²) in [6.07, 6.45) is 0.757. The Hall–Kier alpha value is -1.52. The van der Waals surface area contributed by atoms with E-state index in [1.54, 1.807) is 6.92 Å². The fraction of sp³-hybridized carbons (Fsp3) is 0.167. The first-order valence-electron chi connectivity index (χ1n) is 5.03. The van der Waals surface area contributed by atoms with Gasteiger partial charge in [0, 0.05) is 16.7 Å². The Morgan fingerprint density at radius 3 is 2.61 bits per heavy atom. The molecule has 0 fully saturated rings. The van der Waals surface area contributed by atoms with Gasteiger partial charge in [-0.1, -0.05) is 23.2 Å². The van der Waals surface area contributed by atoms with Gasteiger partial charge in [-0.25, -0.2) is 4.79 Å². The third-order valence-electron chi connectivity index (χ3n) is 1.95. The molecule has 1 rings (SSSR count). The van der Waals surface area contributed by atoms with Crippen LogP contribution in [0.5, 0.6) is 0 Å². The van der Waals surface area contributed by atoms with Crippen LogP contribution in [0.1, 0.15) is 12.5 Å². The molecule has 96 valence electrons. The zero-order valence-electron chi connectivity index (χ0n) is 9.44. The second kappa shape index (κ2) is 6.42. The van der Waals surface area contributed by atoms with E-state index in [1.165, 1.54) is 18.2 Å². The van der Waals surface area contributed by atoms with Crippen LogP contribution >= 0.6 is 23.2 Å². The second-order valence-electron chi connectivity index (χ2n) is 3.24. The van der Waals surface area contributed by atoms with E-state index in [9.17, 15) is 14.7 Å². The average molecular weight is 289 g/mol. The first kappa shape index (κ1) is 14.5. The third-order valence-corrected chi connectivity index (χ3v) is 2.50. The first-order valence-corrected chi connectivity index (χ1v) is 5.78. The minimum absolute atomic E-state index is 0.0842. The number of aliphatic hydroxyl groups is 1. The second-order valence-corrected chi connectivity index (χ2v) is 4.08. The normalized spacial score (nSPS) is 11.2. The van der Waals surface area contributed by atoms with Crippen LogP contribution in [0.25, 0.3) is 5.76 Å². The lowest BCUT2D eigenvalue weighted by atomic mass is 10.1. The number of halogens is 2. The van der Waals surface area contributed by atoms with Crippen LogP contribution in [0.3, 0.4) is 0 Å². The SMILES string of the molecule is CCOC(=O)C(=O)C=C(O)c1ccc(Cl)cc1Cl. The average Bonchev–Trinajstić information content (AvgIpc) is 2.28. The molecule has 0 saturated carbocycles. The smallest absolute Gasteiger partial charge is 0.379 e. The van der Waals surface area contributed by atoms with Crippen molar-refractivity contribution in [3.05, 3.63) is 39.9 Å². The van der Waals surface area contributed by atoms with Crippen LogP contribution < -0.4 is 0 Å². The molecule has 0 saturated heterocycles. The summed E-state index contributed by atoms with van der Waals surface area (Å²) < 4.78 is 4.49. The van der Waals surface area contributed by atoms with Gasteiger partial charge in [0.15, 0.2) is 0 Å². The first-order chi connectivity index (χ1) is 8.45. The van der Waals surface area contributed by atoms with Gasteiger partial charge in [-0.2, -0.15) is 0 Å². The van der Waals surface area contributed by atoms with Crippen molar-refractivity contribution in [3.63, 3.8) is 0 Å². The minimum Gasteiger partial charge on any atom is -0.507 e. The van der Waals surface area contributed by atoms with Gasteiger partial charge in [0.1, 0.15) is 5.76 Å². The number of hydrogen-bond donors (Lipinski definition) is 1. The highest BCUT2D eigenvalue weighted by Gasteiger charge is 2.15. The third kappa shape index (κ3) is 3.75. The van der Waals surface area contributed by atoms with E-state index < -0.39 is 17.5 Å². The fourth-order valence-electron chi connectivity index (χ4n) is 1.16. The summed E-state index contributed by atoms with van der Waals surface area (Å²) in [6.45, 7) is 1.66. The van der Waals surface area contributed by atoms with Crippen LogP contribution in [0, 0.1) is 0 Å². The Balaban J connectivity index is 2.96. The summed E-state index contributed by atoms with van der Waals surface area (Å²) in [4.78, 5) is 22.4. The van der Waals surface area contributed by atoms with E-state index in [2.05, 4.69) is 4.74 Å². The lowest BCUT2D eigenvalue weighted by molar-refractivity contribution is -0.151. The summed E-state index contributed by atoms with van der Waals surface area (Å²) in [5.74, 6) is -2.41. The van der Waals surface area contributed by atoms with Gasteiger partial charge in [-0.15, -0.1) is 0 Å². The molecule has 1 aromatic rings. The fourth-order valence-corrected chi connectivity index (χ4v) is 1.67. The van der Waals surface area contributed by atoms with Crippen LogP contribution in [0.4, 0.5) is 0 Å². The molecule has 0 bridgehead atoms. The molecule has 0 amide bonds. The largest absolute Gasteiger partial charge is 0.507 e. The highest BCUT2D eigenvalue weighted by Crippen LogP contribution is 2.25. The highest BCUT2D eigenvalue weighted by molar-refractivity contribution is 6.40. The van der Waals surface area contributed by atoms with Gasteiger partial charge >= 0.3 is 5.97 Å². The van der Waals surface area contributed by atoms with Crippen LogP contribution in [-0.2, 0) is 14.3 Å². The molecule has 0 spiro atoms. The monoisotopic (exact) mass is 288 g/mol. The molecule has 6 heteroatoms. The van der Waals surface area contributed by atoms with Crippen molar-refractivity contribution in [1.82, 2.24) is 0 Å². The molecule has 0 aromatic heterocycles. The molecule has 1 N–H and O–H groups in total. The standard InChI is InChI=1S/C12H10Cl2O4/c1-2-18-12(17)11(16)6-10(15)8-4-3-7(13)5-9(8)14/h3-6,15H,2H2,1H3. The Morgan fingerprint density at radius 2 is 2.06 bits per heavy atom. The Bertz CT molecular complexity index is 509. The van der Waals surface area contributed by atoms with Gasteiger partial charge in [0.05, 0.1) is 11.6 Å². The molecule has 0 aliphatic rings. The van der Waals surface area contributed by atoms with E-state index in [0.29, 0.717) is 5.02 Å². The molecule has 0 aliphatic carbocycles. The van der Waals surface area contributed by atoms with Gasteiger partial charge in [-0.3, -0.25) is 4.79 Å². The Morgan fingerprint density at radius 1 is 1.39 bits per heavy atom. The van der Waals surface area contributed by atoms with Crippen LogP contribution in [0.15, 0.2) is 24.3 Å². The quantitative estimate of drug-likeness (QED) is 0.400. The van der Waals surface area contributed by atoms with Gasteiger partial charge in [0.25, 0.3) is 5.78 Å². The topological polar surface area (TPSA) is 63.6 Å². The predicted octanol–water partition coefficient (Wildman–Crippen LogP) is 3.02. The summed E-state index contributed by atoms with van der Waals surface area (Å²) in [5, 5.41) is 10.3. The summed E-state index contributed by atoms with van der Waals surface area (Å²) in [7, 11) is 0. The number of rotatable bonds is 4.